The van der Waals surface area contributed by atoms with Crippen LogP contribution in [0.3, 0.4) is 0 Å². The fraction of sp³-hybridized carbons (Fsp3) is 0.125. The van der Waals surface area contributed by atoms with Gasteiger partial charge in [-0.05, 0) is 18.2 Å². The number of nitrogens with zero attached hydrogens (tertiary/aromatic N) is 3. The van der Waals surface area contributed by atoms with E-state index >= 15 is 0 Å². The predicted octanol–water partition coefficient (Wildman–Crippen LogP) is 3.82. The summed E-state index contributed by atoms with van der Waals surface area (Å²) in [5.74, 6) is 0.851. The highest BCUT2D eigenvalue weighted by Crippen LogP contribution is 2.30. The van der Waals surface area contributed by atoms with Gasteiger partial charge in [-0.15, -0.1) is 5.10 Å². The van der Waals surface area contributed by atoms with Gasteiger partial charge in [-0.1, -0.05) is 23.9 Å². The lowest BCUT2D eigenvalue weighted by Gasteiger charge is -2.06. The molecule has 0 fully saturated rings. The second kappa shape index (κ2) is 7.31. The monoisotopic (exact) mass is 360 g/mol. The highest BCUT2D eigenvalue weighted by molar-refractivity contribution is 7.98. The van der Waals surface area contributed by atoms with E-state index in [4.69, 9.17) is 4.74 Å². The van der Waals surface area contributed by atoms with Gasteiger partial charge < -0.3 is 4.74 Å². The topological polar surface area (TPSA) is 93.9 Å². The Balaban J connectivity index is 1.78. The van der Waals surface area contributed by atoms with Crippen molar-refractivity contribution in [2.24, 2.45) is 0 Å². The molecule has 0 unspecified atom stereocenters. The van der Waals surface area contributed by atoms with Crippen molar-refractivity contribution >= 4 is 17.4 Å². The normalized spacial score (nSPS) is 10.6. The van der Waals surface area contributed by atoms with Gasteiger partial charge in [-0.2, -0.15) is 0 Å². The zero-order valence-electron chi connectivity index (χ0n) is 13.1. The number of halogens is 1. The zero-order chi connectivity index (χ0) is 17.8. The summed E-state index contributed by atoms with van der Waals surface area (Å²) in [5, 5.41) is 18.1. The second-order valence-corrected chi connectivity index (χ2v) is 5.93. The minimum absolute atomic E-state index is 0.0153. The predicted molar refractivity (Wildman–Crippen MR) is 91.0 cm³/mol. The van der Waals surface area contributed by atoms with Crippen LogP contribution < -0.4 is 4.74 Å². The molecule has 3 aromatic rings. The molecular formula is C16H13FN4O3S. The van der Waals surface area contributed by atoms with E-state index in [9.17, 15) is 14.5 Å². The lowest BCUT2D eigenvalue weighted by molar-refractivity contribution is -0.384. The number of non-ortho nitro benzene ring substituents is 1. The third kappa shape index (κ3) is 3.77. The summed E-state index contributed by atoms with van der Waals surface area (Å²) in [6.45, 7) is 0. The Morgan fingerprint density at radius 3 is 2.84 bits per heavy atom. The molecular weight excluding hydrogens is 347 g/mol. The molecule has 0 saturated heterocycles. The summed E-state index contributed by atoms with van der Waals surface area (Å²) in [6, 6.07) is 10.6. The van der Waals surface area contributed by atoms with Crippen molar-refractivity contribution in [3.63, 3.8) is 0 Å². The molecule has 1 aromatic heterocycles. The number of thioether (sulfide) groups is 1. The molecule has 0 atom stereocenters. The van der Waals surface area contributed by atoms with Crippen molar-refractivity contribution in [3.8, 4) is 17.1 Å². The van der Waals surface area contributed by atoms with Gasteiger partial charge in [0.1, 0.15) is 11.6 Å². The van der Waals surface area contributed by atoms with E-state index in [1.54, 1.807) is 24.3 Å². The van der Waals surface area contributed by atoms with Crippen molar-refractivity contribution in [3.05, 3.63) is 64.0 Å². The van der Waals surface area contributed by atoms with E-state index in [0.29, 0.717) is 33.6 Å². The minimum Gasteiger partial charge on any atom is -0.496 e. The Hall–Kier alpha value is -2.94. The number of methoxy groups -OCH3 is 1. The van der Waals surface area contributed by atoms with E-state index in [0.717, 1.165) is 0 Å². The minimum atomic E-state index is -0.462. The summed E-state index contributed by atoms with van der Waals surface area (Å²) in [7, 11) is 1.50. The van der Waals surface area contributed by atoms with Gasteiger partial charge in [0, 0.05) is 23.4 Å². The van der Waals surface area contributed by atoms with Crippen LogP contribution in [0.1, 0.15) is 5.56 Å². The highest BCUT2D eigenvalue weighted by Gasteiger charge is 2.14. The van der Waals surface area contributed by atoms with Crippen molar-refractivity contribution < 1.29 is 14.1 Å². The van der Waals surface area contributed by atoms with Crippen LogP contribution in [-0.2, 0) is 5.75 Å². The number of ether oxygens (including phenoxy) is 1. The highest BCUT2D eigenvalue weighted by atomic mass is 32.2. The van der Waals surface area contributed by atoms with Crippen molar-refractivity contribution in [2.75, 3.05) is 7.11 Å². The fourth-order valence-electron chi connectivity index (χ4n) is 2.22. The summed E-state index contributed by atoms with van der Waals surface area (Å²) < 4.78 is 19.0. The maximum Gasteiger partial charge on any atom is 0.270 e. The van der Waals surface area contributed by atoms with Crippen LogP contribution >= 0.6 is 11.8 Å². The van der Waals surface area contributed by atoms with E-state index in [1.807, 2.05) is 0 Å². The van der Waals surface area contributed by atoms with Gasteiger partial charge in [-0.3, -0.25) is 15.2 Å². The van der Waals surface area contributed by atoms with Crippen molar-refractivity contribution in [1.82, 2.24) is 15.2 Å². The molecule has 7 nitrogen and oxygen atoms in total. The number of aromatic amines is 1. The van der Waals surface area contributed by atoms with Gasteiger partial charge in [0.05, 0.1) is 17.6 Å². The zero-order valence-corrected chi connectivity index (χ0v) is 13.9. The quantitative estimate of drug-likeness (QED) is 0.408. The first-order valence-electron chi connectivity index (χ1n) is 7.20. The Morgan fingerprint density at radius 2 is 2.12 bits per heavy atom. The number of H-pyrrole nitrogens is 1. The first kappa shape index (κ1) is 16.9. The Labute approximate surface area is 146 Å². The number of aromatic nitrogens is 3. The van der Waals surface area contributed by atoms with Gasteiger partial charge >= 0.3 is 0 Å². The Bertz CT molecular complexity index is 916. The summed E-state index contributed by atoms with van der Waals surface area (Å²) in [5.41, 5.74) is 0.965. The van der Waals surface area contributed by atoms with E-state index < -0.39 is 10.7 Å². The molecule has 0 aliphatic carbocycles. The maximum atomic E-state index is 13.8. The van der Waals surface area contributed by atoms with Crippen LogP contribution in [0.2, 0.25) is 0 Å². The second-order valence-electron chi connectivity index (χ2n) is 4.99. The van der Waals surface area contributed by atoms with E-state index in [2.05, 4.69) is 15.2 Å². The first-order chi connectivity index (χ1) is 12.1. The van der Waals surface area contributed by atoms with Crippen molar-refractivity contribution in [1.29, 1.82) is 0 Å². The number of hydrogen-bond donors (Lipinski definition) is 1. The summed E-state index contributed by atoms with van der Waals surface area (Å²) in [6.07, 6.45) is 0. The molecule has 0 aliphatic heterocycles. The number of nitro groups is 1. The smallest absolute Gasteiger partial charge is 0.270 e. The van der Waals surface area contributed by atoms with Gasteiger partial charge in [0.2, 0.25) is 5.16 Å². The Morgan fingerprint density at radius 1 is 1.32 bits per heavy atom. The third-order valence-electron chi connectivity index (χ3n) is 3.43. The van der Waals surface area contributed by atoms with Crippen LogP contribution in [-0.4, -0.2) is 27.2 Å². The number of hydrogen-bond acceptors (Lipinski definition) is 6. The molecule has 0 spiro atoms. The maximum absolute atomic E-state index is 13.8. The molecule has 0 bridgehead atoms. The molecule has 0 amide bonds. The van der Waals surface area contributed by atoms with Crippen LogP contribution in [0.4, 0.5) is 10.1 Å². The standard InChI is InChI=1S/C16H13FN4O3S/c1-24-14-7-6-11(21(22)23)8-10(14)9-25-16-18-15(19-20-16)12-4-2-3-5-13(12)17/h2-8H,9H2,1H3,(H,18,19,20). The molecule has 9 heteroatoms. The van der Waals surface area contributed by atoms with Gasteiger partial charge in [0.15, 0.2) is 5.82 Å². The van der Waals surface area contributed by atoms with Crippen molar-refractivity contribution in [2.45, 2.75) is 10.9 Å². The molecule has 1 N–H and O–H groups in total. The fourth-order valence-corrected chi connectivity index (χ4v) is 2.99. The largest absolute Gasteiger partial charge is 0.496 e. The molecule has 0 aliphatic rings. The van der Waals surface area contributed by atoms with Crippen LogP contribution in [0.15, 0.2) is 47.6 Å². The molecule has 0 radical (unpaired) electrons. The lowest BCUT2D eigenvalue weighted by atomic mass is 10.2. The average Bonchev–Trinajstić information content (AvgIpc) is 3.08. The number of rotatable bonds is 6. The molecule has 0 saturated carbocycles. The number of benzene rings is 2. The molecule has 1 heterocycles. The van der Waals surface area contributed by atoms with Crippen LogP contribution in [0.5, 0.6) is 5.75 Å². The number of nitrogens with one attached hydrogen (secondary N) is 1. The molecule has 128 valence electrons. The van der Waals surface area contributed by atoms with Gasteiger partial charge in [0.25, 0.3) is 5.69 Å². The van der Waals surface area contributed by atoms with Crippen LogP contribution in [0.25, 0.3) is 11.4 Å². The lowest BCUT2D eigenvalue weighted by Crippen LogP contribution is -1.94. The SMILES string of the molecule is COc1ccc([N+](=O)[O-])cc1CSc1n[nH]c(-c2ccccc2F)n1. The van der Waals surface area contributed by atoms with Crippen LogP contribution in [0, 0.1) is 15.9 Å². The molecule has 3 rings (SSSR count). The first-order valence-corrected chi connectivity index (χ1v) is 8.18. The molecule has 25 heavy (non-hydrogen) atoms. The van der Waals surface area contributed by atoms with Gasteiger partial charge in [-0.25, -0.2) is 9.37 Å². The van der Waals surface area contributed by atoms with E-state index in [1.165, 1.54) is 37.1 Å². The van der Waals surface area contributed by atoms with E-state index in [-0.39, 0.29) is 5.69 Å². The average molecular weight is 360 g/mol. The number of nitro benzene ring substituents is 1. The summed E-state index contributed by atoms with van der Waals surface area (Å²) >= 11 is 1.27. The Kier molecular flexibility index (Phi) is 4.94. The molecule has 2 aromatic carbocycles. The third-order valence-corrected chi connectivity index (χ3v) is 4.32. The summed E-state index contributed by atoms with van der Waals surface area (Å²) in [4.78, 5) is 14.7.